The van der Waals surface area contributed by atoms with Crippen LogP contribution in [0.5, 0.6) is 0 Å². The number of nitrogens with zero attached hydrogens (tertiary/aromatic N) is 1. The van der Waals surface area contributed by atoms with Gasteiger partial charge < -0.3 is 4.42 Å². The van der Waals surface area contributed by atoms with Gasteiger partial charge in [0.2, 0.25) is 5.69 Å². The lowest BCUT2D eigenvalue weighted by atomic mass is 9.93. The van der Waals surface area contributed by atoms with Crippen LogP contribution in [-0.2, 0) is 19.9 Å². The summed E-state index contributed by atoms with van der Waals surface area (Å²) in [7, 11) is 2.04. The van der Waals surface area contributed by atoms with E-state index in [0.29, 0.717) is 11.1 Å². The summed E-state index contributed by atoms with van der Waals surface area (Å²) in [5, 5.41) is 1.97. The van der Waals surface area contributed by atoms with Crippen LogP contribution in [-0.4, -0.2) is 0 Å². The zero-order valence-electron chi connectivity index (χ0n) is 18.6. The third-order valence-corrected chi connectivity index (χ3v) is 6.99. The highest BCUT2D eigenvalue weighted by Crippen LogP contribution is 2.43. The maximum atomic E-state index is 15.4. The second kappa shape index (κ2) is 7.03. The smallest absolute Gasteiger partial charge is 0.216 e. The van der Waals surface area contributed by atoms with E-state index in [0.717, 1.165) is 57.1 Å². The van der Waals surface area contributed by atoms with Crippen molar-refractivity contribution < 1.29 is 13.4 Å². The normalized spacial score (nSPS) is 13.2. The maximum Gasteiger partial charge on any atom is 0.216 e. The average molecular weight is 423 g/mol. The number of halogens is 1. The predicted octanol–water partition coefficient (Wildman–Crippen LogP) is 6.99. The van der Waals surface area contributed by atoms with E-state index in [-0.39, 0.29) is 5.82 Å². The first-order valence-corrected chi connectivity index (χ1v) is 11.2. The van der Waals surface area contributed by atoms with Crippen molar-refractivity contribution in [3.05, 3.63) is 88.9 Å². The van der Waals surface area contributed by atoms with Crippen LogP contribution < -0.4 is 4.57 Å². The van der Waals surface area contributed by atoms with E-state index in [4.69, 9.17) is 4.42 Å². The van der Waals surface area contributed by atoms with Crippen LogP contribution in [0.1, 0.15) is 28.7 Å². The number of rotatable bonds is 2. The molecule has 0 unspecified atom stereocenters. The largest absolute Gasteiger partial charge is 0.454 e. The standard InChI is InChI=1S/C29H25FNO/c1-17-10-11-21-22-12-13-24(30)27(23-16-20-8-6-7-19(20)15-18(23)2)29(22)32-28(21)26(17)25-9-4-5-14-31(25)3/h4-5,9-16H,6-8H2,1-3H3/q+1. The fourth-order valence-electron chi connectivity index (χ4n) is 5.35. The van der Waals surface area contributed by atoms with Gasteiger partial charge in [0.05, 0.1) is 11.1 Å². The summed E-state index contributed by atoms with van der Waals surface area (Å²) in [6, 6.07) is 18.2. The van der Waals surface area contributed by atoms with E-state index < -0.39 is 0 Å². The van der Waals surface area contributed by atoms with Crippen LogP contribution in [0, 0.1) is 19.7 Å². The first kappa shape index (κ1) is 19.2. The SMILES string of the molecule is Cc1cc2c(cc1-c1c(F)ccc3c1oc1c(-c4cccc[n+]4C)c(C)ccc13)CCC2. The Bertz CT molecular complexity index is 1540. The molecule has 2 aromatic heterocycles. The van der Waals surface area contributed by atoms with Crippen molar-refractivity contribution in [3.63, 3.8) is 0 Å². The van der Waals surface area contributed by atoms with Crippen molar-refractivity contribution in [2.45, 2.75) is 33.1 Å². The summed E-state index contributed by atoms with van der Waals surface area (Å²) >= 11 is 0. The lowest BCUT2D eigenvalue weighted by Crippen LogP contribution is -2.30. The molecular weight excluding hydrogens is 397 g/mol. The first-order chi connectivity index (χ1) is 15.5. The average Bonchev–Trinajstić information content (AvgIpc) is 3.38. The molecule has 0 N–H and O–H groups in total. The zero-order chi connectivity index (χ0) is 22.0. The molecule has 0 spiro atoms. The van der Waals surface area contributed by atoms with Crippen LogP contribution >= 0.6 is 0 Å². The molecule has 1 aliphatic rings. The molecule has 0 amide bonds. The minimum Gasteiger partial charge on any atom is -0.454 e. The second-order valence-electron chi connectivity index (χ2n) is 9.02. The van der Waals surface area contributed by atoms with Crippen molar-refractivity contribution in [3.8, 4) is 22.4 Å². The fourth-order valence-corrected chi connectivity index (χ4v) is 5.35. The summed E-state index contributed by atoms with van der Waals surface area (Å²) in [5.41, 5.74) is 10.1. The number of fused-ring (bicyclic) bond motifs is 4. The molecule has 0 aliphatic heterocycles. The molecule has 3 aromatic carbocycles. The minimum atomic E-state index is -0.235. The van der Waals surface area contributed by atoms with Crippen LogP contribution in [0.2, 0.25) is 0 Å². The summed E-state index contributed by atoms with van der Waals surface area (Å²) in [5.74, 6) is -0.235. The lowest BCUT2D eigenvalue weighted by Gasteiger charge is -2.11. The zero-order valence-corrected chi connectivity index (χ0v) is 18.6. The van der Waals surface area contributed by atoms with Crippen molar-refractivity contribution in [1.82, 2.24) is 0 Å². The highest BCUT2D eigenvalue weighted by atomic mass is 19.1. The van der Waals surface area contributed by atoms with Gasteiger partial charge in [-0.25, -0.2) is 8.96 Å². The Balaban J connectivity index is 1.70. The van der Waals surface area contributed by atoms with Gasteiger partial charge in [-0.3, -0.25) is 0 Å². The summed E-state index contributed by atoms with van der Waals surface area (Å²) < 4.78 is 24.0. The molecule has 0 saturated heterocycles. The Labute approximate surface area is 186 Å². The minimum absolute atomic E-state index is 0.235. The summed E-state index contributed by atoms with van der Waals surface area (Å²) in [6.07, 6.45) is 5.39. The molecule has 3 heteroatoms. The number of pyridine rings is 1. The number of furan rings is 1. The number of aromatic nitrogens is 1. The molecule has 0 fully saturated rings. The first-order valence-electron chi connectivity index (χ1n) is 11.2. The maximum absolute atomic E-state index is 15.4. The Morgan fingerprint density at radius 1 is 0.812 bits per heavy atom. The molecule has 2 nitrogen and oxygen atoms in total. The van der Waals surface area contributed by atoms with Gasteiger partial charge in [-0.05, 0) is 79.1 Å². The van der Waals surface area contributed by atoms with E-state index in [1.165, 1.54) is 17.5 Å². The lowest BCUT2D eigenvalue weighted by molar-refractivity contribution is -0.660. The third-order valence-electron chi connectivity index (χ3n) is 6.99. The van der Waals surface area contributed by atoms with Gasteiger partial charge in [-0.15, -0.1) is 0 Å². The van der Waals surface area contributed by atoms with Crippen LogP contribution in [0.4, 0.5) is 4.39 Å². The molecule has 0 bridgehead atoms. The molecule has 32 heavy (non-hydrogen) atoms. The number of benzene rings is 3. The monoisotopic (exact) mass is 422 g/mol. The van der Waals surface area contributed by atoms with Crippen LogP contribution in [0.15, 0.2) is 65.2 Å². The summed E-state index contributed by atoms with van der Waals surface area (Å²) in [4.78, 5) is 0. The predicted molar refractivity (Wildman–Crippen MR) is 127 cm³/mol. The van der Waals surface area contributed by atoms with E-state index >= 15 is 4.39 Å². The highest BCUT2D eigenvalue weighted by molar-refractivity contribution is 6.13. The second-order valence-corrected chi connectivity index (χ2v) is 9.02. The molecular formula is C29H25FNO+. The molecule has 0 saturated carbocycles. The molecule has 0 radical (unpaired) electrons. The van der Waals surface area contributed by atoms with Gasteiger partial charge in [0.1, 0.15) is 24.0 Å². The van der Waals surface area contributed by atoms with Gasteiger partial charge in [-0.1, -0.05) is 24.3 Å². The Morgan fingerprint density at radius 3 is 2.31 bits per heavy atom. The van der Waals surface area contributed by atoms with Crippen molar-refractivity contribution in [1.29, 1.82) is 0 Å². The van der Waals surface area contributed by atoms with E-state index in [1.54, 1.807) is 6.07 Å². The highest BCUT2D eigenvalue weighted by Gasteiger charge is 2.24. The quantitative estimate of drug-likeness (QED) is 0.280. The van der Waals surface area contributed by atoms with E-state index in [9.17, 15) is 0 Å². The Hall–Kier alpha value is -3.46. The van der Waals surface area contributed by atoms with Crippen molar-refractivity contribution in [2.75, 3.05) is 0 Å². The Kier molecular flexibility index (Phi) is 4.23. The fraction of sp³-hybridized carbons (Fsp3) is 0.207. The molecule has 2 heterocycles. The number of aryl methyl sites for hydroxylation is 5. The molecule has 0 atom stereocenters. The summed E-state index contributed by atoms with van der Waals surface area (Å²) in [6.45, 7) is 4.18. The topological polar surface area (TPSA) is 17.0 Å². The van der Waals surface area contributed by atoms with Gasteiger partial charge in [-0.2, -0.15) is 0 Å². The van der Waals surface area contributed by atoms with E-state index in [2.05, 4.69) is 48.7 Å². The van der Waals surface area contributed by atoms with Gasteiger partial charge in [0.15, 0.2) is 6.20 Å². The van der Waals surface area contributed by atoms with Crippen LogP contribution in [0.25, 0.3) is 44.3 Å². The molecule has 1 aliphatic carbocycles. The van der Waals surface area contributed by atoms with Crippen molar-refractivity contribution in [2.24, 2.45) is 7.05 Å². The van der Waals surface area contributed by atoms with Crippen molar-refractivity contribution >= 4 is 21.9 Å². The Morgan fingerprint density at radius 2 is 1.53 bits per heavy atom. The molecule has 158 valence electrons. The van der Waals surface area contributed by atoms with Gasteiger partial charge in [0.25, 0.3) is 0 Å². The van der Waals surface area contributed by atoms with Crippen LogP contribution in [0.3, 0.4) is 0 Å². The van der Waals surface area contributed by atoms with E-state index in [1.807, 2.05) is 31.4 Å². The number of hydrogen-bond donors (Lipinski definition) is 0. The molecule has 6 rings (SSSR count). The van der Waals surface area contributed by atoms with Gasteiger partial charge in [0, 0.05) is 22.9 Å². The van der Waals surface area contributed by atoms with Gasteiger partial charge >= 0.3 is 0 Å². The third kappa shape index (κ3) is 2.74. The molecule has 5 aromatic rings. The number of hydrogen-bond acceptors (Lipinski definition) is 1.